The zero-order valence-electron chi connectivity index (χ0n) is 18.0. The van der Waals surface area contributed by atoms with E-state index in [1.54, 1.807) is 6.07 Å². The van der Waals surface area contributed by atoms with Crippen molar-refractivity contribution in [3.63, 3.8) is 0 Å². The van der Waals surface area contributed by atoms with Crippen LogP contribution >= 0.6 is 0 Å². The van der Waals surface area contributed by atoms with Crippen LogP contribution < -0.4 is 10.6 Å². The Morgan fingerprint density at radius 2 is 2.00 bits per heavy atom. The molecule has 2 N–H and O–H groups in total. The number of alkyl carbamates (subject to hydrolysis) is 1. The Balaban J connectivity index is 1.34. The van der Waals surface area contributed by atoms with Gasteiger partial charge in [0, 0.05) is 24.2 Å². The lowest BCUT2D eigenvalue weighted by molar-refractivity contribution is -0.136. The lowest BCUT2D eigenvalue weighted by Gasteiger charge is -2.36. The molecule has 3 aliphatic rings. The zero-order chi connectivity index (χ0) is 22.3. The Bertz CT molecular complexity index is 991. The minimum atomic E-state index is -0.643. The van der Waals surface area contributed by atoms with Crippen LogP contribution in [0.3, 0.4) is 0 Å². The third kappa shape index (κ3) is 4.33. The van der Waals surface area contributed by atoms with E-state index in [2.05, 4.69) is 37.5 Å². The summed E-state index contributed by atoms with van der Waals surface area (Å²) in [4.78, 5) is 49.9. The van der Waals surface area contributed by atoms with Crippen LogP contribution in [0.15, 0.2) is 30.0 Å². The van der Waals surface area contributed by atoms with Crippen molar-refractivity contribution < 1.29 is 23.9 Å². The van der Waals surface area contributed by atoms with E-state index in [0.717, 1.165) is 17.7 Å². The molecular weight excluding hydrogens is 398 g/mol. The number of hydrogen-bond acceptors (Lipinski definition) is 5. The third-order valence-corrected chi connectivity index (χ3v) is 6.18. The number of imide groups is 1. The van der Waals surface area contributed by atoms with E-state index in [1.807, 2.05) is 12.1 Å². The quantitative estimate of drug-likeness (QED) is 0.722. The highest BCUT2D eigenvalue weighted by Crippen LogP contribution is 2.38. The predicted molar refractivity (Wildman–Crippen MR) is 111 cm³/mol. The Labute approximate surface area is 181 Å². The molecule has 2 aliphatic heterocycles. The van der Waals surface area contributed by atoms with E-state index >= 15 is 0 Å². The van der Waals surface area contributed by atoms with Gasteiger partial charge in [-0.3, -0.25) is 25.0 Å². The highest BCUT2D eigenvalue weighted by molar-refractivity contribution is 6.05. The lowest BCUT2D eigenvalue weighted by Crippen LogP contribution is -2.52. The first-order valence-electron chi connectivity index (χ1n) is 10.5. The lowest BCUT2D eigenvalue weighted by atomic mass is 9.72. The fourth-order valence-electron chi connectivity index (χ4n) is 4.10. The maximum atomic E-state index is 12.9. The summed E-state index contributed by atoms with van der Waals surface area (Å²) in [6, 6.07) is 4.69. The molecule has 1 fully saturated rings. The Morgan fingerprint density at radius 3 is 2.68 bits per heavy atom. The predicted octanol–water partition coefficient (Wildman–Crippen LogP) is 2.62. The van der Waals surface area contributed by atoms with E-state index in [9.17, 15) is 19.2 Å². The number of carbonyl (C=O) groups excluding carboxylic acids is 4. The first-order chi connectivity index (χ1) is 14.6. The maximum Gasteiger partial charge on any atom is 0.411 e. The molecule has 4 rings (SSSR count). The molecule has 4 amide bonds. The molecule has 31 heavy (non-hydrogen) atoms. The highest BCUT2D eigenvalue weighted by Gasteiger charge is 2.39. The van der Waals surface area contributed by atoms with E-state index in [-0.39, 0.29) is 30.3 Å². The standard InChI is InChI=1S/C23H27N3O5/c1-23(2,3)15-9-16(10-15)24-22(30)31-12-13-4-5-14-11-26(21(29)17(14)8-13)18-6-7-19(27)25-20(18)28/h4-5,8-9,15,18H,6-7,10-12H2,1-3H3,(H,24,30)(H,25,27,28). The van der Waals surface area contributed by atoms with Crippen molar-refractivity contribution in [2.75, 3.05) is 0 Å². The number of hydrogen-bond donors (Lipinski definition) is 2. The van der Waals surface area contributed by atoms with Gasteiger partial charge in [-0.05, 0) is 41.4 Å². The summed E-state index contributed by atoms with van der Waals surface area (Å²) in [6.45, 7) is 6.87. The van der Waals surface area contributed by atoms with Crippen LogP contribution in [0.1, 0.15) is 61.5 Å². The van der Waals surface area contributed by atoms with Gasteiger partial charge in [-0.25, -0.2) is 4.79 Å². The zero-order valence-corrected chi connectivity index (χ0v) is 18.0. The molecule has 0 saturated carbocycles. The van der Waals surface area contributed by atoms with Crippen LogP contribution in [0, 0.1) is 11.3 Å². The number of carbonyl (C=O) groups is 4. The van der Waals surface area contributed by atoms with Gasteiger partial charge in [-0.15, -0.1) is 0 Å². The van der Waals surface area contributed by atoms with Gasteiger partial charge in [0.05, 0.1) is 0 Å². The third-order valence-electron chi connectivity index (χ3n) is 6.18. The number of amides is 4. The number of ether oxygens (including phenoxy) is 1. The van der Waals surface area contributed by atoms with E-state index in [0.29, 0.717) is 30.0 Å². The van der Waals surface area contributed by atoms with Crippen molar-refractivity contribution in [2.45, 2.75) is 59.2 Å². The fourth-order valence-corrected chi connectivity index (χ4v) is 4.10. The van der Waals surface area contributed by atoms with Gasteiger partial charge in [-0.1, -0.05) is 39.0 Å². The van der Waals surface area contributed by atoms with Crippen molar-refractivity contribution in [1.29, 1.82) is 0 Å². The summed E-state index contributed by atoms with van der Waals surface area (Å²) < 4.78 is 5.30. The molecule has 0 spiro atoms. The Hall–Kier alpha value is -3.16. The molecule has 1 aromatic carbocycles. The molecule has 1 aromatic rings. The van der Waals surface area contributed by atoms with Crippen LogP contribution in [-0.2, 0) is 27.5 Å². The van der Waals surface area contributed by atoms with Gasteiger partial charge in [-0.2, -0.15) is 0 Å². The van der Waals surface area contributed by atoms with Crippen LogP contribution in [0.25, 0.3) is 0 Å². The Kier molecular flexibility index (Phi) is 5.33. The highest BCUT2D eigenvalue weighted by atomic mass is 16.5. The second-order valence-electron chi connectivity index (χ2n) is 9.46. The molecule has 0 radical (unpaired) electrons. The number of allylic oxidation sites excluding steroid dienone is 2. The van der Waals surface area contributed by atoms with Gasteiger partial charge in [0.15, 0.2) is 0 Å². The molecule has 0 aromatic heterocycles. The number of benzene rings is 1. The molecule has 8 heteroatoms. The first kappa shape index (κ1) is 21.1. The van der Waals surface area contributed by atoms with Crippen molar-refractivity contribution in [1.82, 2.24) is 15.5 Å². The Morgan fingerprint density at radius 1 is 1.26 bits per heavy atom. The van der Waals surface area contributed by atoms with Gasteiger partial charge < -0.3 is 9.64 Å². The minimum absolute atomic E-state index is 0.0424. The van der Waals surface area contributed by atoms with Gasteiger partial charge in [0.25, 0.3) is 5.91 Å². The summed E-state index contributed by atoms with van der Waals surface area (Å²) in [6.07, 6.45) is 2.90. The largest absolute Gasteiger partial charge is 0.444 e. The van der Waals surface area contributed by atoms with Crippen LogP contribution in [0.5, 0.6) is 0 Å². The van der Waals surface area contributed by atoms with Crippen molar-refractivity contribution in [3.8, 4) is 0 Å². The maximum absolute atomic E-state index is 12.9. The second-order valence-corrected chi connectivity index (χ2v) is 9.46. The summed E-state index contributed by atoms with van der Waals surface area (Å²) in [5.74, 6) is -0.548. The van der Waals surface area contributed by atoms with Crippen LogP contribution in [0.4, 0.5) is 4.79 Å². The molecule has 1 aliphatic carbocycles. The number of rotatable bonds is 4. The number of nitrogens with one attached hydrogen (secondary N) is 2. The fraction of sp³-hybridized carbons (Fsp3) is 0.478. The smallest absolute Gasteiger partial charge is 0.411 e. The minimum Gasteiger partial charge on any atom is -0.444 e. The summed E-state index contributed by atoms with van der Waals surface area (Å²) in [7, 11) is 0. The molecule has 2 heterocycles. The van der Waals surface area contributed by atoms with E-state index in [1.165, 1.54) is 4.90 Å². The summed E-state index contributed by atoms with van der Waals surface area (Å²) >= 11 is 0. The SMILES string of the molecule is CC(C)(C)C1C=C(NC(=O)OCc2ccc3c(c2)C(=O)N(C2CCC(=O)NC2=O)C3)C1. The van der Waals surface area contributed by atoms with E-state index in [4.69, 9.17) is 4.74 Å². The summed E-state index contributed by atoms with van der Waals surface area (Å²) in [5.41, 5.74) is 3.06. The van der Waals surface area contributed by atoms with Crippen LogP contribution in [-0.4, -0.2) is 34.8 Å². The molecule has 0 bridgehead atoms. The topological polar surface area (TPSA) is 105 Å². The van der Waals surface area contributed by atoms with Crippen molar-refractivity contribution >= 4 is 23.8 Å². The van der Waals surface area contributed by atoms with Crippen molar-refractivity contribution in [3.05, 3.63) is 46.7 Å². The number of fused-ring (bicyclic) bond motifs is 1. The first-order valence-corrected chi connectivity index (χ1v) is 10.5. The van der Waals surface area contributed by atoms with E-state index < -0.39 is 18.0 Å². The van der Waals surface area contributed by atoms with Gasteiger partial charge >= 0.3 is 6.09 Å². The molecule has 2 atom stereocenters. The molecule has 2 unspecified atom stereocenters. The number of piperidine rings is 1. The van der Waals surface area contributed by atoms with Crippen molar-refractivity contribution in [2.24, 2.45) is 11.3 Å². The molecule has 1 saturated heterocycles. The van der Waals surface area contributed by atoms with Gasteiger partial charge in [0.2, 0.25) is 11.8 Å². The normalized spacial score (nSPS) is 23.0. The molecule has 164 valence electrons. The average Bonchev–Trinajstić information content (AvgIpc) is 2.98. The summed E-state index contributed by atoms with van der Waals surface area (Å²) in [5, 5.41) is 5.05. The monoisotopic (exact) mass is 425 g/mol. The molecule has 8 nitrogen and oxygen atoms in total. The number of nitrogens with zero attached hydrogens (tertiary/aromatic N) is 1. The van der Waals surface area contributed by atoms with Gasteiger partial charge in [0.1, 0.15) is 12.6 Å². The van der Waals surface area contributed by atoms with Crippen LogP contribution in [0.2, 0.25) is 0 Å². The average molecular weight is 425 g/mol. The second kappa shape index (κ2) is 7.83. The molecular formula is C23H27N3O5.